The Morgan fingerprint density at radius 3 is 2.66 bits per heavy atom. The van der Waals surface area contributed by atoms with Crippen LogP contribution in [-0.4, -0.2) is 66.9 Å². The molecular formula is C30H42N4O3S. The average molecular weight is 539 g/mol. The van der Waals surface area contributed by atoms with Crippen molar-refractivity contribution < 1.29 is 14.1 Å². The van der Waals surface area contributed by atoms with Crippen molar-refractivity contribution in [1.29, 1.82) is 0 Å². The van der Waals surface area contributed by atoms with Crippen LogP contribution in [0.2, 0.25) is 0 Å². The molecule has 8 heteroatoms. The van der Waals surface area contributed by atoms with Gasteiger partial charge < -0.3 is 15.3 Å². The number of carbonyl (C=O) groups is 1. The fourth-order valence-electron chi connectivity index (χ4n) is 5.39. The van der Waals surface area contributed by atoms with E-state index in [1.807, 2.05) is 68.4 Å². The SMILES string of the molecule is C/C=C/c1cccc(-c2nc(C(=O)NCCN3CCCCC3)cc3c2[C@@H](CCO)N([S@](=O)C(C)(C)C)C3)c1. The molecule has 38 heavy (non-hydrogen) atoms. The minimum absolute atomic E-state index is 0.0290. The summed E-state index contributed by atoms with van der Waals surface area (Å²) in [7, 11) is -1.29. The van der Waals surface area contributed by atoms with E-state index in [9.17, 15) is 14.1 Å². The van der Waals surface area contributed by atoms with Gasteiger partial charge >= 0.3 is 0 Å². The van der Waals surface area contributed by atoms with Crippen LogP contribution in [0.15, 0.2) is 36.4 Å². The van der Waals surface area contributed by atoms with E-state index in [4.69, 9.17) is 4.98 Å². The van der Waals surface area contributed by atoms with Gasteiger partial charge in [0.25, 0.3) is 5.91 Å². The Labute approximate surface area is 229 Å². The first-order valence-corrected chi connectivity index (χ1v) is 14.9. The van der Waals surface area contributed by atoms with Crippen LogP contribution >= 0.6 is 0 Å². The summed E-state index contributed by atoms with van der Waals surface area (Å²) < 4.78 is 15.1. The van der Waals surface area contributed by atoms with E-state index < -0.39 is 15.7 Å². The number of aromatic nitrogens is 1. The number of aliphatic hydroxyl groups is 1. The molecule has 0 unspecified atom stereocenters. The molecule has 4 rings (SSSR count). The number of allylic oxidation sites excluding steroid dienone is 1. The summed E-state index contributed by atoms with van der Waals surface area (Å²) in [5.41, 5.74) is 4.96. The van der Waals surface area contributed by atoms with Crippen molar-refractivity contribution >= 4 is 23.0 Å². The van der Waals surface area contributed by atoms with Crippen LogP contribution in [0.5, 0.6) is 0 Å². The lowest BCUT2D eigenvalue weighted by molar-refractivity contribution is 0.0941. The summed E-state index contributed by atoms with van der Waals surface area (Å²) in [6, 6.07) is 9.71. The zero-order valence-corrected chi connectivity index (χ0v) is 24.0. The number of hydrogen-bond acceptors (Lipinski definition) is 5. The van der Waals surface area contributed by atoms with Gasteiger partial charge in [-0.05, 0) is 83.3 Å². The fourth-order valence-corrected chi connectivity index (χ4v) is 6.79. The molecule has 1 aromatic carbocycles. The standard InChI is InChI=1S/C30H42N4O3S/c1-5-10-22-11-9-12-23(19-22)28-27-24(21-34(26(27)13-18-35)38(37)30(2,3)4)20-25(32-28)29(36)31-14-17-33-15-7-6-8-16-33/h5,9-12,19-20,26,35H,6-8,13-18,21H2,1-4H3,(H,31,36)/b10-5+/t26-,38-/m1/s1. The second kappa shape index (κ2) is 12.6. The fraction of sp³-hybridized carbons (Fsp3) is 0.533. The van der Waals surface area contributed by atoms with Gasteiger partial charge in [0.05, 0.1) is 16.5 Å². The number of aliphatic hydroxyl groups excluding tert-OH is 1. The molecule has 0 radical (unpaired) electrons. The first-order chi connectivity index (χ1) is 18.2. The summed E-state index contributed by atoms with van der Waals surface area (Å²) in [6.45, 7) is 11.9. The molecule has 1 fully saturated rings. The summed E-state index contributed by atoms with van der Waals surface area (Å²) in [5, 5.41) is 13.0. The van der Waals surface area contributed by atoms with Crippen molar-refractivity contribution in [3.63, 3.8) is 0 Å². The van der Waals surface area contributed by atoms with Gasteiger partial charge in [-0.2, -0.15) is 0 Å². The van der Waals surface area contributed by atoms with E-state index in [-0.39, 0.29) is 18.6 Å². The first-order valence-electron chi connectivity index (χ1n) is 13.8. The first kappa shape index (κ1) is 28.6. The van der Waals surface area contributed by atoms with Crippen molar-refractivity contribution in [1.82, 2.24) is 19.5 Å². The topological polar surface area (TPSA) is 85.8 Å². The predicted molar refractivity (Wildman–Crippen MR) is 155 cm³/mol. The van der Waals surface area contributed by atoms with Crippen LogP contribution in [-0.2, 0) is 17.5 Å². The Morgan fingerprint density at radius 1 is 1.21 bits per heavy atom. The predicted octanol–water partition coefficient (Wildman–Crippen LogP) is 4.70. The Bertz CT molecular complexity index is 1180. The van der Waals surface area contributed by atoms with Crippen molar-refractivity contribution in [2.24, 2.45) is 0 Å². The zero-order chi connectivity index (χ0) is 27.3. The third-order valence-electron chi connectivity index (χ3n) is 7.20. The lowest BCUT2D eigenvalue weighted by atomic mass is 9.95. The highest BCUT2D eigenvalue weighted by Gasteiger charge is 2.40. The number of benzene rings is 1. The van der Waals surface area contributed by atoms with E-state index in [1.54, 1.807) is 0 Å². The van der Waals surface area contributed by atoms with Gasteiger partial charge in [-0.3, -0.25) is 4.79 Å². The largest absolute Gasteiger partial charge is 0.396 e. The maximum absolute atomic E-state index is 13.6. The molecule has 0 aliphatic carbocycles. The molecule has 2 aliphatic rings. The Morgan fingerprint density at radius 2 is 1.97 bits per heavy atom. The summed E-state index contributed by atoms with van der Waals surface area (Å²) in [4.78, 5) is 20.6. The van der Waals surface area contributed by atoms with Gasteiger partial charge in [-0.25, -0.2) is 13.5 Å². The van der Waals surface area contributed by atoms with E-state index in [0.717, 1.165) is 47.6 Å². The van der Waals surface area contributed by atoms with Crippen molar-refractivity contribution in [3.8, 4) is 11.3 Å². The molecule has 2 aliphatic heterocycles. The second-order valence-corrected chi connectivity index (χ2v) is 13.4. The number of amides is 1. The molecule has 1 saturated heterocycles. The molecule has 1 amide bonds. The monoisotopic (exact) mass is 538 g/mol. The highest BCUT2D eigenvalue weighted by atomic mass is 32.2. The maximum Gasteiger partial charge on any atom is 0.269 e. The zero-order valence-electron chi connectivity index (χ0n) is 23.2. The Kier molecular flexibility index (Phi) is 9.52. The van der Waals surface area contributed by atoms with Gasteiger partial charge in [-0.15, -0.1) is 0 Å². The normalized spacial score (nSPS) is 19.6. The van der Waals surface area contributed by atoms with Crippen LogP contribution in [0.1, 0.15) is 86.6 Å². The van der Waals surface area contributed by atoms with Gasteiger partial charge in [0.15, 0.2) is 0 Å². The van der Waals surface area contributed by atoms with Crippen LogP contribution in [0.3, 0.4) is 0 Å². The van der Waals surface area contributed by atoms with Crippen molar-refractivity contribution in [2.45, 2.75) is 70.7 Å². The highest BCUT2D eigenvalue weighted by Crippen LogP contribution is 2.44. The molecule has 3 heterocycles. The molecular weight excluding hydrogens is 496 g/mol. The van der Waals surface area contributed by atoms with Crippen molar-refractivity contribution in [3.05, 3.63) is 58.8 Å². The third kappa shape index (κ3) is 6.60. The van der Waals surface area contributed by atoms with Crippen LogP contribution < -0.4 is 5.32 Å². The molecule has 2 N–H and O–H groups in total. The smallest absolute Gasteiger partial charge is 0.269 e. The minimum Gasteiger partial charge on any atom is -0.396 e. The van der Waals surface area contributed by atoms with Gasteiger partial charge in [-0.1, -0.05) is 36.8 Å². The van der Waals surface area contributed by atoms with Gasteiger partial charge in [0.1, 0.15) is 16.7 Å². The number of pyridine rings is 1. The lowest BCUT2D eigenvalue weighted by Crippen LogP contribution is -2.37. The number of nitrogens with one attached hydrogen (secondary N) is 1. The summed E-state index contributed by atoms with van der Waals surface area (Å²) in [5.74, 6) is -0.190. The molecule has 2 atom stereocenters. The van der Waals surface area contributed by atoms with Crippen LogP contribution in [0.25, 0.3) is 17.3 Å². The van der Waals surface area contributed by atoms with E-state index in [1.165, 1.54) is 19.3 Å². The number of hydrogen-bond donors (Lipinski definition) is 2. The molecule has 0 spiro atoms. The minimum atomic E-state index is -1.29. The quantitative estimate of drug-likeness (QED) is 0.484. The third-order valence-corrected chi connectivity index (χ3v) is 9.06. The van der Waals surface area contributed by atoms with E-state index >= 15 is 0 Å². The van der Waals surface area contributed by atoms with E-state index in [0.29, 0.717) is 25.2 Å². The van der Waals surface area contributed by atoms with Crippen LogP contribution in [0.4, 0.5) is 0 Å². The number of carbonyl (C=O) groups excluding carboxylic acids is 1. The van der Waals surface area contributed by atoms with E-state index in [2.05, 4.69) is 16.3 Å². The lowest BCUT2D eigenvalue weighted by Gasteiger charge is -2.30. The number of nitrogens with zero attached hydrogens (tertiary/aromatic N) is 3. The number of piperidine rings is 1. The molecule has 206 valence electrons. The Balaban J connectivity index is 1.71. The number of rotatable bonds is 9. The van der Waals surface area contributed by atoms with Gasteiger partial charge in [0.2, 0.25) is 0 Å². The number of likely N-dealkylation sites (tertiary alicyclic amines) is 1. The molecule has 7 nitrogen and oxygen atoms in total. The maximum atomic E-state index is 13.6. The average Bonchev–Trinajstić information content (AvgIpc) is 3.26. The Hall–Kier alpha value is -2.39. The number of fused-ring (bicyclic) bond motifs is 1. The highest BCUT2D eigenvalue weighted by molar-refractivity contribution is 7.84. The molecule has 0 bridgehead atoms. The van der Waals surface area contributed by atoms with Gasteiger partial charge in [0, 0.05) is 37.4 Å². The van der Waals surface area contributed by atoms with Crippen LogP contribution in [0, 0.1) is 0 Å². The second-order valence-electron chi connectivity index (χ2n) is 11.2. The molecule has 2 aromatic rings. The summed E-state index contributed by atoms with van der Waals surface area (Å²) in [6.07, 6.45) is 8.20. The summed E-state index contributed by atoms with van der Waals surface area (Å²) >= 11 is 0. The molecule has 1 aromatic heterocycles. The molecule has 0 saturated carbocycles. The van der Waals surface area contributed by atoms with Crippen molar-refractivity contribution in [2.75, 3.05) is 32.8 Å².